The molecule has 0 aromatic rings. The van der Waals surface area contributed by atoms with Gasteiger partial charge in [-0.25, -0.2) is 13.2 Å². The first-order valence-electron chi connectivity index (χ1n) is 6.38. The molecule has 18 heteroatoms. The van der Waals surface area contributed by atoms with E-state index in [-0.39, 0.29) is 0 Å². The van der Waals surface area contributed by atoms with Gasteiger partial charge in [-0.2, -0.15) is 61.5 Å². The van der Waals surface area contributed by atoms with Crippen LogP contribution in [0.4, 0.5) is 74.6 Å². The van der Waals surface area contributed by atoms with Gasteiger partial charge in [-0.3, -0.25) is 0 Å². The molecule has 0 radical (unpaired) electrons. The van der Waals surface area contributed by atoms with Gasteiger partial charge in [0.1, 0.15) is 0 Å². The Labute approximate surface area is 140 Å². The highest BCUT2D eigenvalue weighted by atomic mass is 19.4. The van der Waals surface area contributed by atoms with Crippen molar-refractivity contribution in [2.24, 2.45) is 0 Å². The predicted octanol–water partition coefficient (Wildman–Crippen LogP) is 4.77. The summed E-state index contributed by atoms with van der Waals surface area (Å²) in [5, 5.41) is 0. The number of hydrogen-bond acceptors (Lipinski definition) is 1. The van der Waals surface area contributed by atoms with Gasteiger partial charge in [0.15, 0.2) is 0 Å². The third-order valence-electron chi connectivity index (χ3n) is 5.06. The summed E-state index contributed by atoms with van der Waals surface area (Å²) < 4.78 is 235. The minimum Gasteiger partial charge on any atom is -0.226 e. The Kier molecular flexibility index (Phi) is 3.18. The van der Waals surface area contributed by atoms with Crippen molar-refractivity contribution < 1.29 is 74.6 Å². The quantitative estimate of drug-likeness (QED) is 0.374. The third kappa shape index (κ3) is 1.23. The second kappa shape index (κ2) is 4.14. The number of fused-ring (bicyclic) bond motifs is 2. The van der Waals surface area contributed by atoms with Crippen LogP contribution in [-0.4, -0.2) is 63.7 Å². The number of alkyl halides is 17. The maximum atomic E-state index is 14.4. The third-order valence-corrected chi connectivity index (χ3v) is 5.06. The summed E-state index contributed by atoms with van der Waals surface area (Å²) in [6.45, 7) is 0. The molecule has 0 spiro atoms. The van der Waals surface area contributed by atoms with Gasteiger partial charge >= 0.3 is 53.2 Å². The van der Waals surface area contributed by atoms with Gasteiger partial charge in [0.05, 0.1) is 0 Å². The molecular formula is C10F17N. The van der Waals surface area contributed by atoms with E-state index in [1.54, 1.807) is 0 Å². The van der Waals surface area contributed by atoms with Gasteiger partial charge in [0, 0.05) is 0 Å². The van der Waals surface area contributed by atoms with Crippen molar-refractivity contribution in [1.29, 1.82) is 0 Å². The number of hydrogen-bond donors (Lipinski definition) is 0. The summed E-state index contributed by atoms with van der Waals surface area (Å²) in [4.78, 5) is -4.12. The molecule has 0 aromatic heterocycles. The molecule has 3 saturated heterocycles. The van der Waals surface area contributed by atoms with Gasteiger partial charge in [0.25, 0.3) is 5.67 Å². The maximum absolute atomic E-state index is 14.4. The van der Waals surface area contributed by atoms with Crippen molar-refractivity contribution in [1.82, 2.24) is 4.90 Å². The summed E-state index contributed by atoms with van der Waals surface area (Å²) in [6.07, 6.45) is 0. The maximum Gasteiger partial charge on any atom is 0.379 e. The Bertz CT molecular complexity index is 725. The second-order valence-corrected chi connectivity index (χ2v) is 6.23. The average Bonchev–Trinajstić information content (AvgIpc) is 2.54. The molecule has 164 valence electrons. The van der Waals surface area contributed by atoms with Gasteiger partial charge in [-0.1, -0.05) is 0 Å². The number of nitrogens with zero attached hydrogens (tertiary/aromatic N) is 1. The fraction of sp³-hybridized carbons (Fsp3) is 1.00. The first-order valence-corrected chi connectivity index (χ1v) is 6.38. The SMILES string of the molecule is FC1(F)N2C(F)(F)C(F)(C1(F)F)C1(F)C(F)(F)C(F)(F)C2(F)C(F)(F)C1(F)F. The normalized spacial score (nSPS) is 50.2. The second-order valence-electron chi connectivity index (χ2n) is 6.23. The zero-order valence-electron chi connectivity index (χ0n) is 11.9. The lowest BCUT2D eigenvalue weighted by Gasteiger charge is -2.58. The minimum absolute atomic E-state index is 4.12. The Morgan fingerprint density at radius 3 is 0.964 bits per heavy atom. The lowest BCUT2D eigenvalue weighted by molar-refractivity contribution is -0.517. The van der Waals surface area contributed by atoms with Crippen molar-refractivity contribution in [3.05, 3.63) is 0 Å². The standard InChI is InChI=1S/C10F17N/c11-1-2(12)5(17,18)10(26,27)28(9(2,24)25)8(23,6(19,20)3(1,13)14)7(21,22)4(1,15)16. The molecule has 2 atom stereocenters. The number of halogens is 17. The highest BCUT2D eigenvalue weighted by Crippen LogP contribution is 2.84. The van der Waals surface area contributed by atoms with E-state index in [1.807, 2.05) is 0 Å². The molecule has 1 saturated carbocycles. The van der Waals surface area contributed by atoms with E-state index in [1.165, 1.54) is 0 Å². The molecular weight excluding hydrogens is 457 g/mol. The molecule has 28 heavy (non-hydrogen) atoms. The molecule has 0 aromatic carbocycles. The zero-order valence-corrected chi connectivity index (χ0v) is 11.9. The van der Waals surface area contributed by atoms with E-state index in [0.717, 1.165) is 0 Å². The van der Waals surface area contributed by atoms with E-state index in [9.17, 15) is 74.6 Å². The zero-order chi connectivity index (χ0) is 22.6. The molecule has 4 bridgehead atoms. The molecule has 1 aliphatic carbocycles. The van der Waals surface area contributed by atoms with Crippen molar-refractivity contribution in [2.45, 2.75) is 58.8 Å². The molecule has 3 heterocycles. The molecule has 0 N–H and O–H groups in total. The van der Waals surface area contributed by atoms with Crippen LogP contribution in [0, 0.1) is 0 Å². The first kappa shape index (κ1) is 21.5. The fourth-order valence-corrected chi connectivity index (χ4v) is 3.63. The largest absolute Gasteiger partial charge is 0.379 e. The van der Waals surface area contributed by atoms with Crippen LogP contribution in [-0.2, 0) is 0 Å². The summed E-state index contributed by atoms with van der Waals surface area (Å²) in [7, 11) is 0. The van der Waals surface area contributed by atoms with Crippen LogP contribution in [0.5, 0.6) is 0 Å². The number of rotatable bonds is 0. The van der Waals surface area contributed by atoms with Crippen molar-refractivity contribution in [3.8, 4) is 0 Å². The molecule has 4 fully saturated rings. The van der Waals surface area contributed by atoms with Crippen LogP contribution >= 0.6 is 0 Å². The molecule has 3 aliphatic heterocycles. The highest BCUT2D eigenvalue weighted by Gasteiger charge is 3.18. The van der Waals surface area contributed by atoms with Gasteiger partial charge < -0.3 is 0 Å². The summed E-state index contributed by atoms with van der Waals surface area (Å²) in [5.41, 5.74) is -16.6. The van der Waals surface area contributed by atoms with E-state index >= 15 is 0 Å². The predicted molar refractivity (Wildman–Crippen MR) is 48.0 cm³/mol. The smallest absolute Gasteiger partial charge is 0.226 e. The van der Waals surface area contributed by atoms with E-state index in [0.29, 0.717) is 0 Å². The Hall–Kier alpha value is -1.23. The lowest BCUT2D eigenvalue weighted by atomic mass is 9.63. The van der Waals surface area contributed by atoms with Crippen LogP contribution in [0.2, 0.25) is 0 Å². The Balaban J connectivity index is 2.74. The summed E-state index contributed by atoms with van der Waals surface area (Å²) in [6, 6.07) is -15.4. The van der Waals surface area contributed by atoms with E-state index < -0.39 is 63.7 Å². The fourth-order valence-electron chi connectivity index (χ4n) is 3.63. The van der Waals surface area contributed by atoms with Crippen molar-refractivity contribution in [3.63, 3.8) is 0 Å². The molecule has 4 rings (SSSR count). The summed E-state index contributed by atoms with van der Waals surface area (Å²) in [5.74, 6) is -48.1. The van der Waals surface area contributed by atoms with Gasteiger partial charge in [-0.15, -0.1) is 4.90 Å². The highest BCUT2D eigenvalue weighted by molar-refractivity contribution is 5.44. The summed E-state index contributed by atoms with van der Waals surface area (Å²) >= 11 is 0. The Morgan fingerprint density at radius 2 is 0.643 bits per heavy atom. The average molecular weight is 457 g/mol. The van der Waals surface area contributed by atoms with E-state index in [2.05, 4.69) is 0 Å². The van der Waals surface area contributed by atoms with Crippen LogP contribution in [0.15, 0.2) is 0 Å². The minimum atomic E-state index is -8.42. The van der Waals surface area contributed by atoms with Crippen LogP contribution in [0.25, 0.3) is 0 Å². The molecule has 4 aliphatic rings. The molecule has 1 nitrogen and oxygen atoms in total. The molecule has 2 unspecified atom stereocenters. The first-order chi connectivity index (χ1) is 11.9. The van der Waals surface area contributed by atoms with Crippen LogP contribution < -0.4 is 0 Å². The topological polar surface area (TPSA) is 3.24 Å². The van der Waals surface area contributed by atoms with Gasteiger partial charge in [-0.05, 0) is 0 Å². The van der Waals surface area contributed by atoms with Gasteiger partial charge in [0.2, 0.25) is 0 Å². The van der Waals surface area contributed by atoms with Crippen molar-refractivity contribution >= 4 is 0 Å². The van der Waals surface area contributed by atoms with Crippen LogP contribution in [0.3, 0.4) is 0 Å². The Morgan fingerprint density at radius 1 is 0.321 bits per heavy atom. The van der Waals surface area contributed by atoms with Crippen molar-refractivity contribution in [2.75, 3.05) is 0 Å². The molecule has 0 amide bonds. The van der Waals surface area contributed by atoms with E-state index in [4.69, 9.17) is 0 Å². The monoisotopic (exact) mass is 457 g/mol. The van der Waals surface area contributed by atoms with Crippen LogP contribution in [0.1, 0.15) is 0 Å². The lowest BCUT2D eigenvalue weighted by Crippen LogP contribution is -2.92.